The summed E-state index contributed by atoms with van der Waals surface area (Å²) in [6.07, 6.45) is 0.224. The second-order valence-corrected chi connectivity index (χ2v) is 6.77. The third-order valence-corrected chi connectivity index (χ3v) is 4.63. The van der Waals surface area contributed by atoms with E-state index in [0.29, 0.717) is 19.0 Å². The van der Waals surface area contributed by atoms with Crippen LogP contribution in [-0.2, 0) is 13.0 Å². The molecule has 30 heavy (non-hydrogen) atoms. The monoisotopic (exact) mass is 525 g/mol. The molecule has 3 rings (SSSR count). The first kappa shape index (κ1) is 23.8. The first-order valence-corrected chi connectivity index (χ1v) is 9.48. The Kier molecular flexibility index (Phi) is 8.76. The first-order chi connectivity index (χ1) is 14.0. The number of para-hydroxylation sites is 1. The van der Waals surface area contributed by atoms with Gasteiger partial charge in [0.2, 0.25) is 0 Å². The Morgan fingerprint density at radius 2 is 1.73 bits per heavy atom. The summed E-state index contributed by atoms with van der Waals surface area (Å²) in [5, 5.41) is 10.9. The number of aryl methyl sites for hydroxylation is 2. The zero-order valence-corrected chi connectivity index (χ0v) is 19.6. The Hall–Kier alpha value is -2.49. The predicted octanol–water partition coefficient (Wildman–Crippen LogP) is 4.29. The Labute approximate surface area is 192 Å². The molecule has 2 aromatic carbocycles. The number of halogens is 3. The summed E-state index contributed by atoms with van der Waals surface area (Å²) in [7, 11) is 1.66. The number of guanidine groups is 1. The average Bonchev–Trinajstić information content (AvgIpc) is 3.04. The number of nitrogens with one attached hydrogen (secondary N) is 2. The van der Waals surface area contributed by atoms with Gasteiger partial charge in [-0.25, -0.2) is 13.5 Å². The maximum Gasteiger partial charge on any atom is 0.191 e. The fourth-order valence-corrected chi connectivity index (χ4v) is 3.22. The summed E-state index contributed by atoms with van der Waals surface area (Å²) >= 11 is 0. The van der Waals surface area contributed by atoms with Gasteiger partial charge in [-0.15, -0.1) is 24.0 Å². The van der Waals surface area contributed by atoms with Crippen LogP contribution in [0.2, 0.25) is 0 Å². The highest BCUT2D eigenvalue weighted by Gasteiger charge is 2.10. The van der Waals surface area contributed by atoms with Crippen molar-refractivity contribution in [3.63, 3.8) is 0 Å². The van der Waals surface area contributed by atoms with Crippen molar-refractivity contribution in [2.75, 3.05) is 13.6 Å². The lowest BCUT2D eigenvalue weighted by Crippen LogP contribution is -2.38. The van der Waals surface area contributed by atoms with Crippen molar-refractivity contribution in [1.82, 2.24) is 20.4 Å². The highest BCUT2D eigenvalue weighted by Crippen LogP contribution is 2.17. The van der Waals surface area contributed by atoms with Crippen LogP contribution in [0.4, 0.5) is 8.78 Å². The number of hydrogen-bond donors (Lipinski definition) is 2. The molecule has 5 nitrogen and oxygen atoms in total. The molecule has 2 N–H and O–H groups in total. The first-order valence-electron chi connectivity index (χ1n) is 9.48. The molecule has 0 aliphatic rings. The number of aromatic nitrogens is 2. The Bertz CT molecular complexity index is 996. The lowest BCUT2D eigenvalue weighted by atomic mass is 10.1. The number of benzene rings is 2. The third kappa shape index (κ3) is 5.78. The van der Waals surface area contributed by atoms with Crippen molar-refractivity contribution in [3.8, 4) is 5.69 Å². The lowest BCUT2D eigenvalue weighted by molar-refractivity contribution is 0.553. The van der Waals surface area contributed by atoms with E-state index in [2.05, 4.69) is 20.7 Å². The molecule has 3 aromatic rings. The van der Waals surface area contributed by atoms with E-state index in [1.165, 1.54) is 18.2 Å². The summed E-state index contributed by atoms with van der Waals surface area (Å²) in [6, 6.07) is 13.9. The van der Waals surface area contributed by atoms with Crippen LogP contribution in [0.1, 0.15) is 22.5 Å². The summed E-state index contributed by atoms with van der Waals surface area (Å²) in [6.45, 7) is 4.87. The van der Waals surface area contributed by atoms with Gasteiger partial charge in [-0.05, 0) is 50.1 Å². The van der Waals surface area contributed by atoms with Gasteiger partial charge in [0.25, 0.3) is 0 Å². The van der Waals surface area contributed by atoms with Gasteiger partial charge in [-0.1, -0.05) is 24.3 Å². The molecule has 0 saturated carbocycles. The third-order valence-electron chi connectivity index (χ3n) is 4.63. The second kappa shape index (κ2) is 11.1. The molecular weight excluding hydrogens is 499 g/mol. The van der Waals surface area contributed by atoms with Crippen molar-refractivity contribution in [2.45, 2.75) is 26.8 Å². The molecule has 0 unspecified atom stereocenters. The quantitative estimate of drug-likeness (QED) is 0.287. The number of nitrogens with zero attached hydrogens (tertiary/aromatic N) is 3. The van der Waals surface area contributed by atoms with Crippen molar-refractivity contribution < 1.29 is 8.78 Å². The van der Waals surface area contributed by atoms with Crippen LogP contribution in [0.3, 0.4) is 0 Å². The molecule has 0 bridgehead atoms. The molecule has 0 aliphatic carbocycles. The fraction of sp³-hybridized carbons (Fsp3) is 0.273. The Balaban J connectivity index is 0.00000320. The smallest absolute Gasteiger partial charge is 0.191 e. The van der Waals surface area contributed by atoms with E-state index in [1.54, 1.807) is 7.05 Å². The largest absolute Gasteiger partial charge is 0.356 e. The van der Waals surface area contributed by atoms with Gasteiger partial charge in [0.1, 0.15) is 11.6 Å². The van der Waals surface area contributed by atoms with Crippen LogP contribution in [0.5, 0.6) is 0 Å². The van der Waals surface area contributed by atoms with Crippen LogP contribution >= 0.6 is 24.0 Å². The molecule has 1 aromatic heterocycles. The molecular formula is C22H26F2IN5. The van der Waals surface area contributed by atoms with E-state index in [1.807, 2.05) is 48.9 Å². The highest BCUT2D eigenvalue weighted by atomic mass is 127. The van der Waals surface area contributed by atoms with Crippen LogP contribution in [0.15, 0.2) is 53.5 Å². The van der Waals surface area contributed by atoms with Crippen molar-refractivity contribution in [3.05, 3.63) is 82.7 Å². The Morgan fingerprint density at radius 1 is 1.03 bits per heavy atom. The molecule has 160 valence electrons. The summed E-state index contributed by atoms with van der Waals surface area (Å²) in [4.78, 5) is 4.19. The van der Waals surface area contributed by atoms with Gasteiger partial charge >= 0.3 is 0 Å². The van der Waals surface area contributed by atoms with E-state index in [0.717, 1.165) is 22.6 Å². The zero-order valence-electron chi connectivity index (χ0n) is 17.2. The van der Waals surface area contributed by atoms with Crippen LogP contribution in [0.25, 0.3) is 5.69 Å². The summed E-state index contributed by atoms with van der Waals surface area (Å²) < 4.78 is 29.4. The normalized spacial score (nSPS) is 11.2. The number of hydrogen-bond acceptors (Lipinski definition) is 2. The van der Waals surface area contributed by atoms with Crippen LogP contribution in [0, 0.1) is 25.5 Å². The molecule has 0 atom stereocenters. The van der Waals surface area contributed by atoms with Gasteiger partial charge in [-0.2, -0.15) is 5.10 Å². The van der Waals surface area contributed by atoms with Gasteiger partial charge in [0.05, 0.1) is 11.4 Å². The van der Waals surface area contributed by atoms with Crippen molar-refractivity contribution >= 4 is 29.9 Å². The second-order valence-electron chi connectivity index (χ2n) is 6.77. The molecule has 8 heteroatoms. The molecule has 0 saturated heterocycles. The summed E-state index contributed by atoms with van der Waals surface area (Å²) in [5.41, 5.74) is 4.15. The maximum absolute atomic E-state index is 13.7. The molecule has 0 amide bonds. The van der Waals surface area contributed by atoms with Crippen LogP contribution in [-0.4, -0.2) is 29.3 Å². The van der Waals surface area contributed by atoms with E-state index in [-0.39, 0.29) is 36.0 Å². The van der Waals surface area contributed by atoms with Gasteiger partial charge < -0.3 is 10.6 Å². The van der Waals surface area contributed by atoms with E-state index in [9.17, 15) is 8.78 Å². The molecule has 1 heterocycles. The minimum absolute atomic E-state index is 0. The topological polar surface area (TPSA) is 54.2 Å². The molecule has 0 radical (unpaired) electrons. The average molecular weight is 525 g/mol. The van der Waals surface area contributed by atoms with E-state index in [4.69, 9.17) is 0 Å². The lowest BCUT2D eigenvalue weighted by Gasteiger charge is -2.15. The molecule has 0 aliphatic heterocycles. The van der Waals surface area contributed by atoms with E-state index < -0.39 is 11.6 Å². The molecule has 0 fully saturated rings. The fourth-order valence-electron chi connectivity index (χ4n) is 3.22. The highest BCUT2D eigenvalue weighted by molar-refractivity contribution is 14.0. The summed E-state index contributed by atoms with van der Waals surface area (Å²) in [5.74, 6) is -0.507. The van der Waals surface area contributed by atoms with E-state index >= 15 is 0 Å². The molecule has 0 spiro atoms. The number of aliphatic imine (C=N–C) groups is 1. The van der Waals surface area contributed by atoms with Gasteiger partial charge in [0.15, 0.2) is 5.96 Å². The minimum atomic E-state index is -0.534. The predicted molar refractivity (Wildman–Crippen MR) is 127 cm³/mol. The van der Waals surface area contributed by atoms with Crippen LogP contribution < -0.4 is 10.6 Å². The Morgan fingerprint density at radius 3 is 2.37 bits per heavy atom. The zero-order chi connectivity index (χ0) is 20.8. The minimum Gasteiger partial charge on any atom is -0.356 e. The SMILES string of the molecule is CN=C(NCCc1c(F)cccc1F)NCc1ccccc1-n1nc(C)cc1C.I. The van der Waals surface area contributed by atoms with Gasteiger partial charge in [-0.3, -0.25) is 4.99 Å². The maximum atomic E-state index is 13.7. The van der Waals surface area contributed by atoms with Gasteiger partial charge in [0, 0.05) is 31.4 Å². The van der Waals surface area contributed by atoms with Crippen molar-refractivity contribution in [1.29, 1.82) is 0 Å². The number of rotatable bonds is 6. The standard InChI is InChI=1S/C22H25F2N5.HI/c1-15-13-16(2)29(28-15)21-10-5-4-7-17(21)14-27-22(25-3)26-12-11-18-19(23)8-6-9-20(18)24;/h4-10,13H,11-12,14H2,1-3H3,(H2,25,26,27);1H. The van der Waals surface area contributed by atoms with Crippen molar-refractivity contribution in [2.24, 2.45) is 4.99 Å².